The van der Waals surface area contributed by atoms with Crippen LogP contribution in [0.2, 0.25) is 0 Å². The van der Waals surface area contributed by atoms with E-state index >= 15 is 0 Å². The van der Waals surface area contributed by atoms with Crippen molar-refractivity contribution in [3.05, 3.63) is 11.6 Å². The third-order valence-corrected chi connectivity index (χ3v) is 9.45. The van der Waals surface area contributed by atoms with Crippen LogP contribution in [0.5, 0.6) is 0 Å². The van der Waals surface area contributed by atoms with E-state index in [1.807, 2.05) is 0 Å². The molecule has 4 heteroatoms. The van der Waals surface area contributed by atoms with Gasteiger partial charge in [0.15, 0.2) is 0 Å². The van der Waals surface area contributed by atoms with Gasteiger partial charge in [0.05, 0.1) is 5.60 Å². The Morgan fingerprint density at radius 1 is 1.33 bits per heavy atom. The van der Waals surface area contributed by atoms with Crippen LogP contribution < -0.4 is 0 Å². The number of fused-ring (bicyclic) bond motifs is 5. The number of hydrogen-bond acceptors (Lipinski definition) is 3. The first-order chi connectivity index (χ1) is 11.6. The molecule has 0 spiro atoms. The minimum atomic E-state index is -0.662. The number of carbonyl (C=O) groups excluding carboxylic acids is 1. The fourth-order valence-corrected chi connectivity index (χ4v) is 9.16. The lowest BCUT2D eigenvalue weighted by molar-refractivity contribution is -0.166. The van der Waals surface area contributed by atoms with Crippen LogP contribution in [0, 0.1) is 29.1 Å². The Hall–Kier alpha value is 0.450. The fraction of sp³-hybridized carbons (Fsp3) is 0.850. The molecule has 4 aliphatic carbocycles. The Labute approximate surface area is 162 Å². The summed E-state index contributed by atoms with van der Waals surface area (Å²) in [4.78, 5) is 12.9. The number of rotatable bonds is 3. The van der Waals surface area contributed by atoms with Crippen LogP contribution >= 0.6 is 30.1 Å². The van der Waals surface area contributed by atoms with E-state index in [4.69, 9.17) is 0 Å². The van der Waals surface area contributed by atoms with Crippen molar-refractivity contribution >= 4 is 35.9 Å². The zero-order valence-corrected chi connectivity index (χ0v) is 17.6. The van der Waals surface area contributed by atoms with Crippen LogP contribution in [0.25, 0.3) is 0 Å². The molecule has 4 aliphatic rings. The van der Waals surface area contributed by atoms with Gasteiger partial charge >= 0.3 is 0 Å². The molecule has 0 amide bonds. The van der Waals surface area contributed by atoms with Crippen LogP contribution in [-0.4, -0.2) is 22.2 Å². The van der Waals surface area contributed by atoms with Crippen molar-refractivity contribution in [1.29, 1.82) is 0 Å². The Balaban J connectivity index is 1.78. The lowest BCUT2D eigenvalue weighted by Gasteiger charge is -2.59. The molecule has 0 heterocycles. The van der Waals surface area contributed by atoms with Gasteiger partial charge < -0.3 is 5.11 Å². The van der Waals surface area contributed by atoms with Crippen molar-refractivity contribution < 1.29 is 9.90 Å². The van der Waals surface area contributed by atoms with E-state index < -0.39 is 5.60 Å². The van der Waals surface area contributed by atoms with Crippen molar-refractivity contribution in [1.82, 2.24) is 0 Å². The van der Waals surface area contributed by atoms with Crippen molar-refractivity contribution in [3.63, 3.8) is 0 Å². The van der Waals surface area contributed by atoms with Gasteiger partial charge in [-0.3, -0.25) is 4.79 Å². The molecule has 5 unspecified atom stereocenters. The smallest absolute Gasteiger partial charge is 0.139 e. The number of Topliss-reactive ketones (excluding diaryl/α,β-unsaturated/α-hetero) is 1. The summed E-state index contributed by atoms with van der Waals surface area (Å²) in [5.41, 5.74) is 0.746. The maximum Gasteiger partial charge on any atom is 0.139 e. The van der Waals surface area contributed by atoms with Gasteiger partial charge in [-0.25, -0.2) is 0 Å². The summed E-state index contributed by atoms with van der Waals surface area (Å²) in [7, 11) is 1.74. The molecule has 0 saturated heterocycles. The van der Waals surface area contributed by atoms with Crippen LogP contribution in [0.15, 0.2) is 11.6 Å². The highest BCUT2D eigenvalue weighted by molar-refractivity contribution is 14.2. The third-order valence-electron chi connectivity index (χ3n) is 7.90. The van der Waals surface area contributed by atoms with E-state index in [2.05, 4.69) is 34.2 Å². The number of carbonyl (C=O) groups is 1. The number of hydrogen-bond donors (Lipinski definition) is 1. The summed E-state index contributed by atoms with van der Waals surface area (Å²) in [5, 5.41) is 11.9. The minimum absolute atomic E-state index is 0.224. The van der Waals surface area contributed by atoms with Crippen molar-refractivity contribution in [3.8, 4) is 0 Å². The molecule has 0 bridgehead atoms. The maximum absolute atomic E-state index is 12.9. The second-order valence-electron chi connectivity index (χ2n) is 8.66. The number of halogens is 1. The quantitative estimate of drug-likeness (QED) is 0.457. The molecule has 134 valence electrons. The Morgan fingerprint density at radius 3 is 2.92 bits per heavy atom. The zero-order valence-electron chi connectivity index (χ0n) is 14.6. The van der Waals surface area contributed by atoms with E-state index in [0.29, 0.717) is 29.5 Å². The summed E-state index contributed by atoms with van der Waals surface area (Å²) < 4.78 is 0. The standard InChI is InChI=1S/C20H29IO2S/c1-2-19-11-20(23,12-24-21)18-14-6-4-3-5-13(14)7-8-15(18)16(19)9-10-17(19)22/h5,14-16,18,23H,2-4,6-12H2,1H3/t14?,15?,16?,18?,19-,20?/m0/s1. The molecule has 0 aromatic rings. The lowest BCUT2D eigenvalue weighted by Crippen LogP contribution is -2.61. The van der Waals surface area contributed by atoms with Gasteiger partial charge in [-0.1, -0.05) is 27.5 Å². The van der Waals surface area contributed by atoms with Crippen LogP contribution in [0.1, 0.15) is 64.7 Å². The molecular formula is C20H29IO2S. The van der Waals surface area contributed by atoms with Gasteiger partial charge in [0.1, 0.15) is 5.78 Å². The summed E-state index contributed by atoms with van der Waals surface area (Å²) in [5.74, 6) is 3.28. The molecule has 3 fully saturated rings. The van der Waals surface area contributed by atoms with Crippen molar-refractivity contribution in [2.45, 2.75) is 70.3 Å². The van der Waals surface area contributed by atoms with E-state index in [1.165, 1.54) is 32.1 Å². The molecule has 1 N–H and O–H groups in total. The normalized spacial score (nSPS) is 47.6. The summed E-state index contributed by atoms with van der Waals surface area (Å²) >= 11 is 2.33. The molecular weight excluding hydrogens is 431 g/mol. The number of allylic oxidation sites excluding steroid dienone is 2. The average Bonchev–Trinajstić information content (AvgIpc) is 2.91. The third kappa shape index (κ3) is 2.49. The van der Waals surface area contributed by atoms with Crippen molar-refractivity contribution in [2.75, 3.05) is 5.75 Å². The number of aliphatic hydroxyl groups is 1. The molecule has 0 aliphatic heterocycles. The van der Waals surface area contributed by atoms with Crippen LogP contribution in [0.3, 0.4) is 0 Å². The molecule has 24 heavy (non-hydrogen) atoms. The Kier molecular flexibility index (Phi) is 4.88. The number of ketones is 1. The highest BCUT2D eigenvalue weighted by Gasteiger charge is 2.64. The summed E-state index contributed by atoms with van der Waals surface area (Å²) in [6, 6.07) is 0. The molecule has 4 rings (SSSR count). The Morgan fingerprint density at radius 2 is 2.17 bits per heavy atom. The molecule has 0 aromatic carbocycles. The second kappa shape index (κ2) is 6.56. The van der Waals surface area contributed by atoms with Gasteiger partial charge in [-0.2, -0.15) is 0 Å². The lowest BCUT2D eigenvalue weighted by atomic mass is 9.47. The van der Waals surface area contributed by atoms with Gasteiger partial charge in [-0.05, 0) is 96.2 Å². The van der Waals surface area contributed by atoms with E-state index in [0.717, 1.165) is 31.4 Å². The van der Waals surface area contributed by atoms with Gasteiger partial charge in [0.2, 0.25) is 0 Å². The first kappa shape index (κ1) is 17.8. The molecule has 6 atom stereocenters. The average molecular weight is 460 g/mol. The van der Waals surface area contributed by atoms with Gasteiger partial charge in [0.25, 0.3) is 0 Å². The minimum Gasteiger partial charge on any atom is -0.389 e. The monoisotopic (exact) mass is 460 g/mol. The second-order valence-corrected chi connectivity index (χ2v) is 11.0. The van der Waals surface area contributed by atoms with E-state index in [-0.39, 0.29) is 5.41 Å². The molecule has 3 saturated carbocycles. The molecule has 0 radical (unpaired) electrons. The maximum atomic E-state index is 12.9. The fourth-order valence-electron chi connectivity index (χ4n) is 7.06. The highest BCUT2D eigenvalue weighted by atomic mass is 127. The van der Waals surface area contributed by atoms with E-state index in [9.17, 15) is 9.90 Å². The van der Waals surface area contributed by atoms with Gasteiger partial charge in [-0.15, -0.1) is 0 Å². The van der Waals surface area contributed by atoms with Crippen LogP contribution in [0.4, 0.5) is 0 Å². The topological polar surface area (TPSA) is 37.3 Å². The van der Waals surface area contributed by atoms with Crippen LogP contribution in [-0.2, 0) is 4.79 Å². The zero-order chi connectivity index (χ0) is 16.9. The SMILES string of the molecule is CC[C@]12CC(O)(CSI)C3C4CCCC=C4CCC3C1CCC2=O. The summed E-state index contributed by atoms with van der Waals surface area (Å²) in [6.45, 7) is 2.18. The highest BCUT2D eigenvalue weighted by Crippen LogP contribution is 2.65. The first-order valence-electron chi connectivity index (χ1n) is 9.74. The predicted molar refractivity (Wildman–Crippen MR) is 108 cm³/mol. The molecule has 2 nitrogen and oxygen atoms in total. The van der Waals surface area contributed by atoms with Gasteiger partial charge in [0, 0.05) is 17.6 Å². The van der Waals surface area contributed by atoms with Crippen molar-refractivity contribution in [2.24, 2.45) is 29.1 Å². The first-order valence-corrected chi connectivity index (χ1v) is 13.3. The molecule has 0 aromatic heterocycles. The predicted octanol–water partition coefficient (Wildman–Crippen LogP) is 5.33. The summed E-state index contributed by atoms with van der Waals surface area (Å²) in [6.07, 6.45) is 12.1. The Bertz CT molecular complexity index is 562. The largest absolute Gasteiger partial charge is 0.389 e. The van der Waals surface area contributed by atoms with E-state index in [1.54, 1.807) is 14.5 Å².